The number of anilines is 1. The molecule has 1 aliphatic heterocycles. The van der Waals surface area contributed by atoms with E-state index < -0.39 is 0 Å². The molecule has 0 bridgehead atoms. The zero-order valence-corrected chi connectivity index (χ0v) is 16.7. The second-order valence-electron chi connectivity index (χ2n) is 7.29. The fraction of sp³-hybridized carbons (Fsp3) is 0.174. The molecule has 0 saturated carbocycles. The number of benzene rings is 2. The van der Waals surface area contributed by atoms with E-state index in [0.29, 0.717) is 23.7 Å². The van der Waals surface area contributed by atoms with Crippen LogP contribution < -0.4 is 4.90 Å². The number of aromatic nitrogens is 3. The summed E-state index contributed by atoms with van der Waals surface area (Å²) in [5.41, 5.74) is 5.63. The quantitative estimate of drug-likeness (QED) is 0.501. The molecule has 5 nitrogen and oxygen atoms in total. The van der Waals surface area contributed by atoms with E-state index >= 15 is 0 Å². The normalized spacial score (nSPS) is 13.7. The van der Waals surface area contributed by atoms with Gasteiger partial charge in [0.25, 0.3) is 5.91 Å². The van der Waals surface area contributed by atoms with Crippen molar-refractivity contribution in [2.45, 2.75) is 19.9 Å². The molecule has 1 aliphatic rings. The Balaban J connectivity index is 1.47. The highest BCUT2D eigenvalue weighted by atomic mass is 35.5. The minimum absolute atomic E-state index is 0.00821. The van der Waals surface area contributed by atoms with Crippen LogP contribution >= 0.6 is 11.6 Å². The maximum atomic E-state index is 13.0. The molecule has 0 saturated heterocycles. The maximum Gasteiger partial charge on any atom is 0.258 e. The number of imidazole rings is 1. The van der Waals surface area contributed by atoms with E-state index in [0.717, 1.165) is 40.1 Å². The van der Waals surface area contributed by atoms with Gasteiger partial charge in [0, 0.05) is 23.3 Å². The van der Waals surface area contributed by atoms with Gasteiger partial charge in [-0.05, 0) is 60.9 Å². The number of carbonyl (C=O) groups excluding carboxylic acids is 1. The predicted octanol–water partition coefficient (Wildman–Crippen LogP) is 4.64. The fourth-order valence-corrected chi connectivity index (χ4v) is 4.18. The van der Waals surface area contributed by atoms with E-state index in [-0.39, 0.29) is 5.91 Å². The molecule has 1 amide bonds. The van der Waals surface area contributed by atoms with Crippen LogP contribution in [-0.2, 0) is 13.0 Å². The molecular weight excluding hydrogens is 384 g/mol. The van der Waals surface area contributed by atoms with Gasteiger partial charge in [0.1, 0.15) is 5.82 Å². The van der Waals surface area contributed by atoms with Gasteiger partial charge in [0.15, 0.2) is 0 Å². The molecule has 0 unspecified atom stereocenters. The van der Waals surface area contributed by atoms with Crippen LogP contribution in [-0.4, -0.2) is 27.0 Å². The van der Waals surface area contributed by atoms with E-state index in [4.69, 9.17) is 11.6 Å². The monoisotopic (exact) mass is 402 g/mol. The van der Waals surface area contributed by atoms with Crippen molar-refractivity contribution < 1.29 is 4.79 Å². The average molecular weight is 403 g/mol. The zero-order chi connectivity index (χ0) is 20.0. The van der Waals surface area contributed by atoms with E-state index in [1.165, 1.54) is 0 Å². The van der Waals surface area contributed by atoms with E-state index in [2.05, 4.69) is 20.6 Å². The minimum atomic E-state index is -0.00821. The smallest absolute Gasteiger partial charge is 0.258 e. The van der Waals surface area contributed by atoms with Gasteiger partial charge >= 0.3 is 0 Å². The number of hydrogen-bond acceptors (Lipinski definition) is 3. The first kappa shape index (κ1) is 17.9. The second-order valence-corrected chi connectivity index (χ2v) is 7.73. The SMILES string of the molecule is Cc1nc2ccccc2n1Cc1cncc(N2CCc3cc(Cl)ccc3C2=O)c1. The zero-order valence-electron chi connectivity index (χ0n) is 16.0. The predicted molar refractivity (Wildman–Crippen MR) is 115 cm³/mol. The maximum absolute atomic E-state index is 13.0. The summed E-state index contributed by atoms with van der Waals surface area (Å²) < 4.78 is 2.17. The van der Waals surface area contributed by atoms with Gasteiger partial charge in [-0.2, -0.15) is 0 Å². The molecule has 2 aromatic carbocycles. The first-order valence-electron chi connectivity index (χ1n) is 9.56. The molecule has 144 valence electrons. The van der Waals surface area contributed by atoms with Crippen molar-refractivity contribution in [3.8, 4) is 0 Å². The number of rotatable bonds is 3. The Labute approximate surface area is 173 Å². The standard InChI is InChI=1S/C23H19ClN4O/c1-15-26-21-4-2-3-5-22(21)28(15)14-16-10-19(13-25-12-16)27-9-8-17-11-18(24)6-7-20(17)23(27)29/h2-7,10-13H,8-9,14H2,1H3. The Morgan fingerprint density at radius 1 is 1.10 bits per heavy atom. The number of para-hydroxylation sites is 2. The Kier molecular flexibility index (Phi) is 4.32. The number of halogens is 1. The minimum Gasteiger partial charge on any atom is -0.324 e. The van der Waals surface area contributed by atoms with Gasteiger partial charge in [-0.3, -0.25) is 9.78 Å². The molecule has 5 rings (SSSR count). The summed E-state index contributed by atoms with van der Waals surface area (Å²) in [4.78, 5) is 23.9. The summed E-state index contributed by atoms with van der Waals surface area (Å²) in [5, 5.41) is 0.664. The fourth-order valence-electron chi connectivity index (χ4n) is 3.99. The Morgan fingerprint density at radius 3 is 2.86 bits per heavy atom. The van der Waals surface area contributed by atoms with Crippen molar-refractivity contribution in [2.75, 3.05) is 11.4 Å². The van der Waals surface area contributed by atoms with Crippen LogP contribution in [0.15, 0.2) is 60.9 Å². The van der Waals surface area contributed by atoms with Gasteiger partial charge in [0.05, 0.1) is 29.5 Å². The molecule has 3 heterocycles. The highest BCUT2D eigenvalue weighted by Gasteiger charge is 2.26. The molecule has 29 heavy (non-hydrogen) atoms. The summed E-state index contributed by atoms with van der Waals surface area (Å²) in [7, 11) is 0. The molecule has 0 radical (unpaired) electrons. The highest BCUT2D eigenvalue weighted by molar-refractivity contribution is 6.30. The second kappa shape index (κ2) is 7.01. The van der Waals surface area contributed by atoms with Crippen LogP contribution in [0.3, 0.4) is 0 Å². The third-order valence-electron chi connectivity index (χ3n) is 5.43. The molecular formula is C23H19ClN4O. The first-order valence-corrected chi connectivity index (χ1v) is 9.94. The van der Waals surface area contributed by atoms with Crippen LogP contribution in [0.1, 0.15) is 27.3 Å². The molecule has 0 aliphatic carbocycles. The summed E-state index contributed by atoms with van der Waals surface area (Å²) in [6.45, 7) is 3.28. The van der Waals surface area contributed by atoms with Crippen molar-refractivity contribution in [1.82, 2.24) is 14.5 Å². The molecule has 0 fully saturated rings. The Bertz CT molecular complexity index is 1250. The number of hydrogen-bond donors (Lipinski definition) is 0. The third kappa shape index (κ3) is 3.17. The van der Waals surface area contributed by atoms with Gasteiger partial charge in [-0.1, -0.05) is 23.7 Å². The number of fused-ring (bicyclic) bond motifs is 2. The lowest BCUT2D eigenvalue weighted by molar-refractivity contribution is 0.0980. The number of aryl methyl sites for hydroxylation is 1. The molecule has 0 spiro atoms. The molecule has 2 aromatic heterocycles. The van der Waals surface area contributed by atoms with Crippen molar-refractivity contribution >= 4 is 34.2 Å². The number of carbonyl (C=O) groups is 1. The lowest BCUT2D eigenvalue weighted by Gasteiger charge is -2.28. The lowest BCUT2D eigenvalue weighted by Crippen LogP contribution is -2.37. The summed E-state index contributed by atoms with van der Waals surface area (Å²) in [6.07, 6.45) is 4.37. The van der Waals surface area contributed by atoms with Gasteiger partial charge in [-0.15, -0.1) is 0 Å². The van der Waals surface area contributed by atoms with Gasteiger partial charge in [-0.25, -0.2) is 4.98 Å². The average Bonchev–Trinajstić information content (AvgIpc) is 3.03. The van der Waals surface area contributed by atoms with Crippen molar-refractivity contribution in [3.63, 3.8) is 0 Å². The largest absolute Gasteiger partial charge is 0.324 e. The van der Waals surface area contributed by atoms with Crippen LogP contribution in [0.5, 0.6) is 0 Å². The number of nitrogens with zero attached hydrogens (tertiary/aromatic N) is 4. The van der Waals surface area contributed by atoms with Crippen molar-refractivity contribution in [1.29, 1.82) is 0 Å². The van der Waals surface area contributed by atoms with Crippen LogP contribution in [0.2, 0.25) is 5.02 Å². The topological polar surface area (TPSA) is 51.0 Å². The molecule has 0 atom stereocenters. The van der Waals surface area contributed by atoms with E-state index in [1.807, 2.05) is 49.5 Å². The number of pyridine rings is 1. The van der Waals surface area contributed by atoms with Crippen molar-refractivity contribution in [2.24, 2.45) is 0 Å². The summed E-state index contributed by atoms with van der Waals surface area (Å²) >= 11 is 6.08. The molecule has 0 N–H and O–H groups in total. The Morgan fingerprint density at radius 2 is 1.97 bits per heavy atom. The molecule has 6 heteroatoms. The van der Waals surface area contributed by atoms with E-state index in [9.17, 15) is 4.79 Å². The van der Waals surface area contributed by atoms with Crippen LogP contribution in [0.25, 0.3) is 11.0 Å². The van der Waals surface area contributed by atoms with Crippen molar-refractivity contribution in [3.05, 3.63) is 88.5 Å². The summed E-state index contributed by atoms with van der Waals surface area (Å²) in [6, 6.07) is 15.6. The first-order chi connectivity index (χ1) is 14.1. The van der Waals surface area contributed by atoms with Gasteiger partial charge < -0.3 is 9.47 Å². The van der Waals surface area contributed by atoms with E-state index in [1.54, 1.807) is 17.2 Å². The van der Waals surface area contributed by atoms with Gasteiger partial charge in [0.2, 0.25) is 0 Å². The number of amides is 1. The van der Waals surface area contributed by atoms with Crippen LogP contribution in [0, 0.1) is 6.92 Å². The Hall–Kier alpha value is -3.18. The molecule has 4 aromatic rings. The van der Waals surface area contributed by atoms with Crippen LogP contribution in [0.4, 0.5) is 5.69 Å². The lowest BCUT2D eigenvalue weighted by atomic mass is 9.98. The highest BCUT2D eigenvalue weighted by Crippen LogP contribution is 2.27. The third-order valence-corrected chi connectivity index (χ3v) is 5.66. The summed E-state index contributed by atoms with van der Waals surface area (Å²) in [5.74, 6) is 0.947.